The molecule has 2 N–H and O–H groups in total. The van der Waals surface area contributed by atoms with Gasteiger partial charge in [0.15, 0.2) is 23.3 Å². The van der Waals surface area contributed by atoms with E-state index in [9.17, 15) is 0 Å². The Bertz CT molecular complexity index is 3370. The molecule has 0 atom stereocenters. The lowest BCUT2D eigenvalue weighted by atomic mass is 10.1. The number of H-pyrrole nitrogens is 2. The van der Waals surface area contributed by atoms with E-state index in [1.807, 2.05) is 48.5 Å². The zero-order valence-corrected chi connectivity index (χ0v) is 43.8. The number of likely N-dealkylation sites (tertiary alicyclic amines) is 4. The van der Waals surface area contributed by atoms with Crippen LogP contribution in [0.4, 0.5) is 0 Å². The highest BCUT2D eigenvalue weighted by Crippen LogP contribution is 2.45. The predicted molar refractivity (Wildman–Crippen MR) is 299 cm³/mol. The average Bonchev–Trinajstić information content (AvgIpc) is 4.24. The number of nitrogens with one attached hydrogen (secondary N) is 2. The van der Waals surface area contributed by atoms with Gasteiger partial charge in [0.1, 0.15) is 72.0 Å². The molecular formula is C60H70N12O4. The first-order valence-corrected chi connectivity index (χ1v) is 28.4. The molecule has 0 aliphatic carbocycles. The fourth-order valence-electron chi connectivity index (χ4n) is 12.2. The smallest absolute Gasteiger partial charge is 0.168 e. The Morgan fingerprint density at radius 3 is 1.09 bits per heavy atom. The lowest BCUT2D eigenvalue weighted by Gasteiger charge is -2.26. The number of hydrogen-bond acceptors (Lipinski definition) is 14. The van der Waals surface area contributed by atoms with Gasteiger partial charge in [-0.3, -0.25) is 19.6 Å². The first kappa shape index (κ1) is 48.9. The second kappa shape index (κ2) is 22.5. The molecule has 0 unspecified atom stereocenters. The van der Waals surface area contributed by atoms with Gasteiger partial charge in [0.2, 0.25) is 0 Å². The highest BCUT2D eigenvalue weighted by atomic mass is 16.5. The minimum Gasteiger partial charge on any atom is -0.491 e. The van der Waals surface area contributed by atoms with Gasteiger partial charge in [-0.1, -0.05) is 74.2 Å². The van der Waals surface area contributed by atoms with Crippen molar-refractivity contribution in [2.45, 2.75) is 77.0 Å². The van der Waals surface area contributed by atoms with E-state index in [0.717, 1.165) is 134 Å². The molecule has 76 heavy (non-hydrogen) atoms. The molecule has 13 rings (SSSR count). The summed E-state index contributed by atoms with van der Waals surface area (Å²) in [5.41, 5.74) is 5.59. The average molecular weight is 1020 g/mol. The van der Waals surface area contributed by atoms with Crippen molar-refractivity contribution < 1.29 is 18.9 Å². The molecule has 3 aromatic heterocycles. The van der Waals surface area contributed by atoms with E-state index in [-0.39, 0.29) is 0 Å². The maximum Gasteiger partial charge on any atom is 0.168 e. The van der Waals surface area contributed by atoms with Crippen molar-refractivity contribution in [2.24, 2.45) is 0 Å². The number of hydrogen-bond donors (Lipinski definition) is 2. The van der Waals surface area contributed by atoms with Crippen LogP contribution in [-0.2, 0) is 0 Å². The predicted octanol–water partition coefficient (Wildman–Crippen LogP) is 10.3. The Hall–Kier alpha value is -6.72. The quantitative estimate of drug-likeness (QED) is 0.0942. The highest BCUT2D eigenvalue weighted by molar-refractivity contribution is 6.11. The number of fused-ring (bicyclic) bond motifs is 20. The number of rotatable bonds is 16. The summed E-state index contributed by atoms with van der Waals surface area (Å²) in [6, 6.07) is 24.5. The van der Waals surface area contributed by atoms with Crippen molar-refractivity contribution in [2.75, 3.05) is 105 Å². The molecule has 4 aromatic carbocycles. The van der Waals surface area contributed by atoms with E-state index >= 15 is 0 Å². The van der Waals surface area contributed by atoms with E-state index < -0.39 is 0 Å². The molecular weight excluding hydrogens is 953 g/mol. The van der Waals surface area contributed by atoms with Crippen LogP contribution in [0, 0.1) is 0 Å². The molecule has 16 heteroatoms. The third-order valence-corrected chi connectivity index (χ3v) is 16.2. The summed E-state index contributed by atoms with van der Waals surface area (Å²) in [6.07, 6.45) is 14.9. The number of piperidine rings is 4. The van der Waals surface area contributed by atoms with Gasteiger partial charge in [0, 0.05) is 48.1 Å². The van der Waals surface area contributed by atoms with Crippen molar-refractivity contribution in [3.05, 3.63) is 72.8 Å². The maximum atomic E-state index is 6.75. The van der Waals surface area contributed by atoms with Crippen LogP contribution in [0.5, 0.6) is 23.0 Å². The van der Waals surface area contributed by atoms with Gasteiger partial charge in [0.25, 0.3) is 0 Å². The van der Waals surface area contributed by atoms with Crippen molar-refractivity contribution in [1.82, 2.24) is 59.5 Å². The second-order valence-corrected chi connectivity index (χ2v) is 21.3. The molecule has 16 nitrogen and oxygen atoms in total. The van der Waals surface area contributed by atoms with E-state index in [4.69, 9.17) is 48.9 Å². The molecule has 0 radical (unpaired) electrons. The molecule has 8 bridgehead atoms. The molecule has 394 valence electrons. The Morgan fingerprint density at radius 1 is 0.329 bits per heavy atom. The normalized spacial score (nSPS) is 17.7. The molecule has 0 amide bonds. The van der Waals surface area contributed by atoms with Crippen LogP contribution in [0.2, 0.25) is 0 Å². The maximum absolute atomic E-state index is 6.75. The third-order valence-electron chi connectivity index (χ3n) is 16.2. The Kier molecular flexibility index (Phi) is 14.5. The number of aromatic nitrogens is 8. The van der Waals surface area contributed by atoms with Gasteiger partial charge < -0.3 is 28.9 Å². The van der Waals surface area contributed by atoms with Gasteiger partial charge in [-0.15, -0.1) is 0 Å². The number of aromatic amines is 2. The van der Waals surface area contributed by atoms with E-state index in [1.165, 1.54) is 77.0 Å². The fraction of sp³-hybridized carbons (Fsp3) is 0.467. The summed E-state index contributed by atoms with van der Waals surface area (Å²) in [6.45, 7) is 14.3. The van der Waals surface area contributed by atoms with Crippen molar-refractivity contribution in [1.29, 1.82) is 0 Å². The van der Waals surface area contributed by atoms with E-state index in [0.29, 0.717) is 83.8 Å². The van der Waals surface area contributed by atoms with Crippen LogP contribution in [0.1, 0.15) is 77.0 Å². The SMILES string of the molecule is c1cc(OCCN2CCCCC2)c2c(c1)-c1nc-2nc2nc(nc3[nH]c(nc4[nH]c(n1)c1c(OCCN5CCCCC5)cccc41)c1c(OCCN4CCCCC4)cccc31)-c1c(OCCN3CCCCC3)cccc1-2. The minimum absolute atomic E-state index is 0.467. The summed E-state index contributed by atoms with van der Waals surface area (Å²) >= 11 is 0. The molecule has 6 aliphatic rings. The van der Waals surface area contributed by atoms with Crippen LogP contribution in [0.15, 0.2) is 72.8 Å². The number of ether oxygens (including phenoxy) is 4. The Morgan fingerprint density at radius 2 is 0.658 bits per heavy atom. The lowest BCUT2D eigenvalue weighted by molar-refractivity contribution is 0.183. The van der Waals surface area contributed by atoms with Crippen LogP contribution in [-0.4, -0.2) is 164 Å². The first-order valence-electron chi connectivity index (χ1n) is 28.4. The van der Waals surface area contributed by atoms with E-state index in [2.05, 4.69) is 53.8 Å². The molecule has 9 heterocycles. The minimum atomic E-state index is 0.467. The van der Waals surface area contributed by atoms with Crippen molar-refractivity contribution in [3.63, 3.8) is 0 Å². The van der Waals surface area contributed by atoms with Crippen LogP contribution >= 0.6 is 0 Å². The topological polar surface area (TPSA) is 159 Å². The molecule has 4 saturated heterocycles. The first-order chi connectivity index (χ1) is 37.7. The monoisotopic (exact) mass is 1020 g/mol. The second-order valence-electron chi connectivity index (χ2n) is 21.3. The summed E-state index contributed by atoms with van der Waals surface area (Å²) in [7, 11) is 0. The van der Waals surface area contributed by atoms with Gasteiger partial charge in [-0.25, -0.2) is 29.9 Å². The summed E-state index contributed by atoms with van der Waals surface area (Å²) in [4.78, 5) is 49.8. The van der Waals surface area contributed by atoms with Gasteiger partial charge >= 0.3 is 0 Å². The van der Waals surface area contributed by atoms with Crippen molar-refractivity contribution >= 4 is 44.1 Å². The Balaban J connectivity index is 1.00. The lowest BCUT2D eigenvalue weighted by Crippen LogP contribution is -2.33. The number of nitrogens with zero attached hydrogens (tertiary/aromatic N) is 10. The number of benzene rings is 4. The molecule has 7 aromatic rings. The zero-order chi connectivity index (χ0) is 50.6. The van der Waals surface area contributed by atoms with E-state index in [1.54, 1.807) is 0 Å². The van der Waals surface area contributed by atoms with Crippen molar-refractivity contribution in [3.8, 4) is 68.5 Å². The van der Waals surface area contributed by atoms with Gasteiger partial charge in [-0.2, -0.15) is 0 Å². The van der Waals surface area contributed by atoms with Crippen LogP contribution in [0.3, 0.4) is 0 Å². The molecule has 6 aliphatic heterocycles. The summed E-state index contributed by atoms with van der Waals surface area (Å²) in [5, 5.41) is 3.38. The Labute approximate surface area is 444 Å². The third kappa shape index (κ3) is 10.3. The fourth-order valence-corrected chi connectivity index (χ4v) is 12.2. The molecule has 0 spiro atoms. The molecule has 4 fully saturated rings. The zero-order valence-electron chi connectivity index (χ0n) is 43.8. The van der Waals surface area contributed by atoms with Gasteiger partial charge in [-0.05, 0) is 128 Å². The standard InChI is InChI=1S/C60H70N12O4/c1-5-25-69(26-6-1)33-37-73-45-21-13-17-41-49(45)57-61-53(41)66-58-51-43(19-15-23-47(51)75-39-35-71-29-9-3-10-30-71)55(63-58)68-60-52-44(20-16-24-48(52)76-40-36-72-31-11-4-12-32-72)56(64-60)67-59-50-42(54(62-59)65-57)18-14-22-46(50)74-38-34-70-27-7-2-8-28-70/h13-24H,1-12,25-40H2,(H2,61,62,63,64,65,66,67,68). The largest absolute Gasteiger partial charge is 0.491 e. The molecule has 0 saturated carbocycles. The van der Waals surface area contributed by atoms with Crippen LogP contribution in [0.25, 0.3) is 89.7 Å². The summed E-state index contributed by atoms with van der Waals surface area (Å²) in [5.74, 6) is 4.81. The van der Waals surface area contributed by atoms with Crippen LogP contribution < -0.4 is 18.9 Å². The summed E-state index contributed by atoms with van der Waals surface area (Å²) < 4.78 is 27.0. The van der Waals surface area contributed by atoms with Gasteiger partial charge in [0.05, 0.1) is 21.9 Å². The highest BCUT2D eigenvalue weighted by Gasteiger charge is 2.29.